The Morgan fingerprint density at radius 1 is 1.27 bits per heavy atom. The van der Waals surface area contributed by atoms with Crippen molar-refractivity contribution in [1.82, 2.24) is 19.6 Å². The van der Waals surface area contributed by atoms with E-state index < -0.39 is 0 Å². The molecule has 2 atom stereocenters. The minimum Gasteiger partial charge on any atom is -0.366 e. The fraction of sp³-hybridized carbons (Fsp3) is 0.421. The predicted molar refractivity (Wildman–Crippen MR) is 105 cm³/mol. The summed E-state index contributed by atoms with van der Waals surface area (Å²) in [6.07, 6.45) is 5.46. The van der Waals surface area contributed by atoms with Gasteiger partial charge in [0.1, 0.15) is 11.6 Å². The summed E-state index contributed by atoms with van der Waals surface area (Å²) in [6.45, 7) is 7.64. The van der Waals surface area contributed by atoms with Crippen molar-refractivity contribution in [1.29, 1.82) is 0 Å². The molecule has 1 N–H and O–H groups in total. The standard InChI is InChI=1S/C19H21BrN6/c1-19(2)13-10-25(11-14(13)19)17-6-16(22-8-12-4-3-5-21-7-12)26-18(24-17)15(20)9-23-26/h3-7,9,13-14,22H,8,10-11H2,1-2H3. The van der Waals surface area contributed by atoms with Crippen LogP contribution in [-0.4, -0.2) is 32.7 Å². The predicted octanol–water partition coefficient (Wildman–Crippen LogP) is 3.59. The Bertz CT molecular complexity index is 953. The zero-order valence-corrected chi connectivity index (χ0v) is 16.4. The minimum atomic E-state index is 0.499. The van der Waals surface area contributed by atoms with E-state index in [1.807, 2.05) is 16.8 Å². The highest BCUT2D eigenvalue weighted by atomic mass is 79.9. The lowest BCUT2D eigenvalue weighted by atomic mass is 10.1. The summed E-state index contributed by atoms with van der Waals surface area (Å²) in [5, 5.41) is 7.95. The molecule has 1 aliphatic heterocycles. The molecule has 134 valence electrons. The molecule has 7 heteroatoms. The number of hydrogen-bond donors (Lipinski definition) is 1. The van der Waals surface area contributed by atoms with E-state index in [1.54, 1.807) is 12.4 Å². The van der Waals surface area contributed by atoms with E-state index in [0.29, 0.717) is 12.0 Å². The van der Waals surface area contributed by atoms with Crippen LogP contribution in [-0.2, 0) is 6.54 Å². The highest BCUT2D eigenvalue weighted by Gasteiger charge is 2.62. The van der Waals surface area contributed by atoms with E-state index in [9.17, 15) is 0 Å². The molecule has 6 nitrogen and oxygen atoms in total. The van der Waals surface area contributed by atoms with E-state index in [0.717, 1.165) is 52.2 Å². The molecule has 1 saturated carbocycles. The number of nitrogens with zero attached hydrogens (tertiary/aromatic N) is 5. The largest absolute Gasteiger partial charge is 0.366 e. The van der Waals surface area contributed by atoms with Gasteiger partial charge in [-0.2, -0.15) is 9.61 Å². The van der Waals surface area contributed by atoms with Gasteiger partial charge in [-0.25, -0.2) is 4.98 Å². The number of rotatable bonds is 4. The number of piperidine rings is 1. The quantitative estimate of drug-likeness (QED) is 0.709. The van der Waals surface area contributed by atoms with Crippen LogP contribution >= 0.6 is 15.9 Å². The molecule has 2 unspecified atom stereocenters. The van der Waals surface area contributed by atoms with Crippen LogP contribution in [0.3, 0.4) is 0 Å². The summed E-state index contributed by atoms with van der Waals surface area (Å²) in [7, 11) is 0. The molecule has 5 rings (SSSR count). The molecule has 3 aromatic heterocycles. The van der Waals surface area contributed by atoms with E-state index in [-0.39, 0.29) is 0 Å². The van der Waals surface area contributed by atoms with Crippen LogP contribution in [0.4, 0.5) is 11.6 Å². The Hall–Kier alpha value is -2.15. The van der Waals surface area contributed by atoms with Gasteiger partial charge in [0, 0.05) is 38.1 Å². The van der Waals surface area contributed by atoms with E-state index in [4.69, 9.17) is 4.98 Å². The molecule has 3 aromatic rings. The van der Waals surface area contributed by atoms with Gasteiger partial charge in [-0.1, -0.05) is 19.9 Å². The van der Waals surface area contributed by atoms with Gasteiger partial charge in [-0.15, -0.1) is 0 Å². The number of halogens is 1. The lowest BCUT2D eigenvalue weighted by Gasteiger charge is -2.24. The summed E-state index contributed by atoms with van der Waals surface area (Å²) in [5.74, 6) is 3.55. The summed E-state index contributed by atoms with van der Waals surface area (Å²) in [6, 6.07) is 6.13. The van der Waals surface area contributed by atoms with Gasteiger partial charge in [0.05, 0.1) is 10.7 Å². The van der Waals surface area contributed by atoms with Gasteiger partial charge in [-0.3, -0.25) is 4.98 Å². The number of nitrogens with one attached hydrogen (secondary N) is 1. The molecule has 4 heterocycles. The Labute approximate surface area is 160 Å². The number of pyridine rings is 1. The normalized spacial score (nSPS) is 23.3. The lowest BCUT2D eigenvalue weighted by molar-refractivity contribution is 0.498. The van der Waals surface area contributed by atoms with E-state index in [1.165, 1.54) is 0 Å². The maximum absolute atomic E-state index is 4.86. The van der Waals surface area contributed by atoms with Gasteiger partial charge in [0.2, 0.25) is 0 Å². The van der Waals surface area contributed by atoms with E-state index in [2.05, 4.69) is 62.2 Å². The van der Waals surface area contributed by atoms with Crippen LogP contribution in [0.15, 0.2) is 41.3 Å². The zero-order valence-electron chi connectivity index (χ0n) is 14.9. The zero-order chi connectivity index (χ0) is 17.9. The van der Waals surface area contributed by atoms with Gasteiger partial charge in [0.15, 0.2) is 5.65 Å². The second-order valence-electron chi connectivity index (χ2n) is 7.88. The van der Waals surface area contributed by atoms with Crippen molar-refractivity contribution in [3.63, 3.8) is 0 Å². The fourth-order valence-corrected chi connectivity index (χ4v) is 4.57. The van der Waals surface area contributed by atoms with Crippen LogP contribution in [0.2, 0.25) is 0 Å². The molecule has 26 heavy (non-hydrogen) atoms. The third-order valence-corrected chi connectivity index (χ3v) is 6.62. The fourth-order valence-electron chi connectivity index (χ4n) is 4.23. The number of fused-ring (bicyclic) bond motifs is 2. The molecule has 1 aliphatic carbocycles. The maximum atomic E-state index is 4.86. The number of aromatic nitrogens is 4. The second-order valence-corrected chi connectivity index (χ2v) is 8.74. The molecule has 1 saturated heterocycles. The number of hydrogen-bond acceptors (Lipinski definition) is 5. The van der Waals surface area contributed by atoms with Crippen LogP contribution in [0.1, 0.15) is 19.4 Å². The summed E-state index contributed by atoms with van der Waals surface area (Å²) in [4.78, 5) is 11.5. The first kappa shape index (κ1) is 16.1. The second kappa shape index (κ2) is 5.67. The van der Waals surface area contributed by atoms with Crippen LogP contribution in [0.25, 0.3) is 5.65 Å². The monoisotopic (exact) mass is 412 g/mol. The van der Waals surface area contributed by atoms with E-state index >= 15 is 0 Å². The van der Waals surface area contributed by atoms with Gasteiger partial charge in [-0.05, 0) is 44.8 Å². The highest BCUT2D eigenvalue weighted by Crippen LogP contribution is 2.62. The topological polar surface area (TPSA) is 58.4 Å². The highest BCUT2D eigenvalue weighted by molar-refractivity contribution is 9.10. The molecule has 2 aliphatic rings. The van der Waals surface area contributed by atoms with Crippen molar-refractivity contribution in [3.8, 4) is 0 Å². The Morgan fingerprint density at radius 2 is 2.08 bits per heavy atom. The van der Waals surface area contributed by atoms with Crippen molar-refractivity contribution in [2.24, 2.45) is 17.3 Å². The minimum absolute atomic E-state index is 0.499. The van der Waals surface area contributed by atoms with Gasteiger partial charge >= 0.3 is 0 Å². The first-order chi connectivity index (χ1) is 12.5. The van der Waals surface area contributed by atoms with Crippen molar-refractivity contribution < 1.29 is 0 Å². The van der Waals surface area contributed by atoms with Crippen molar-refractivity contribution in [2.75, 3.05) is 23.3 Å². The van der Waals surface area contributed by atoms with Crippen molar-refractivity contribution in [2.45, 2.75) is 20.4 Å². The maximum Gasteiger partial charge on any atom is 0.173 e. The first-order valence-corrected chi connectivity index (χ1v) is 9.75. The molecule has 0 radical (unpaired) electrons. The third kappa shape index (κ3) is 2.48. The first-order valence-electron chi connectivity index (χ1n) is 8.96. The average molecular weight is 413 g/mol. The molecular formula is C19H21BrN6. The SMILES string of the molecule is CC1(C)C2CN(c3cc(NCc4cccnc4)n4ncc(Br)c4n3)CC21. The summed E-state index contributed by atoms with van der Waals surface area (Å²) >= 11 is 3.58. The van der Waals surface area contributed by atoms with Crippen LogP contribution in [0.5, 0.6) is 0 Å². The Kier molecular flexibility index (Phi) is 3.50. The Balaban J connectivity index is 1.45. The summed E-state index contributed by atoms with van der Waals surface area (Å²) < 4.78 is 2.76. The summed E-state index contributed by atoms with van der Waals surface area (Å²) in [5.41, 5.74) is 2.48. The van der Waals surface area contributed by atoms with Crippen molar-refractivity contribution in [3.05, 3.63) is 46.8 Å². The molecule has 2 fully saturated rings. The van der Waals surface area contributed by atoms with Crippen LogP contribution < -0.4 is 10.2 Å². The number of anilines is 2. The van der Waals surface area contributed by atoms with Gasteiger partial charge < -0.3 is 10.2 Å². The molecule has 0 spiro atoms. The molecular weight excluding hydrogens is 392 g/mol. The van der Waals surface area contributed by atoms with Crippen LogP contribution in [0, 0.1) is 17.3 Å². The Morgan fingerprint density at radius 3 is 2.81 bits per heavy atom. The molecule has 0 aromatic carbocycles. The smallest absolute Gasteiger partial charge is 0.173 e. The lowest BCUT2D eigenvalue weighted by Crippen LogP contribution is -2.27. The van der Waals surface area contributed by atoms with Gasteiger partial charge in [0.25, 0.3) is 0 Å². The van der Waals surface area contributed by atoms with Crippen molar-refractivity contribution >= 4 is 33.2 Å². The molecule has 0 amide bonds. The average Bonchev–Trinajstić information content (AvgIpc) is 3.06. The third-order valence-electron chi connectivity index (χ3n) is 6.06. The molecule has 0 bridgehead atoms.